The number of rotatable bonds is 6. The molecular weight excluding hydrogens is 414 g/mol. The van der Waals surface area contributed by atoms with E-state index in [1.807, 2.05) is 0 Å². The molecule has 1 fully saturated rings. The quantitative estimate of drug-likeness (QED) is 0.375. The van der Waals surface area contributed by atoms with E-state index in [-0.39, 0.29) is 34.6 Å². The molecule has 0 heterocycles. The predicted octanol–water partition coefficient (Wildman–Crippen LogP) is 3.96. The van der Waals surface area contributed by atoms with E-state index >= 15 is 0 Å². The molecule has 0 aliphatic heterocycles. The molecule has 3 aliphatic carbocycles. The fraction of sp³-hybridized carbons (Fsp3) is 0.667. The van der Waals surface area contributed by atoms with E-state index in [4.69, 9.17) is 4.55 Å². The average Bonchev–Trinajstić information content (AvgIpc) is 2.67. The number of likely N-dealkylation sites (N-methyl/N-ethyl adjacent to an activating group) is 1. The minimum Gasteiger partial charge on any atom is -0.370 e. The molecule has 172 valence electrons. The summed E-state index contributed by atoms with van der Waals surface area (Å²) in [5.41, 5.74) is 2.22. The Morgan fingerprint density at radius 2 is 1.84 bits per heavy atom. The van der Waals surface area contributed by atoms with Crippen molar-refractivity contribution in [3.8, 4) is 0 Å². The highest BCUT2D eigenvalue weighted by atomic mass is 32.2. The van der Waals surface area contributed by atoms with Gasteiger partial charge in [0.05, 0.1) is 11.4 Å². The maximum Gasteiger partial charge on any atom is 0.266 e. The zero-order chi connectivity index (χ0) is 23.2. The molecule has 3 aliphatic rings. The van der Waals surface area contributed by atoms with E-state index in [0.717, 1.165) is 25.7 Å². The van der Waals surface area contributed by atoms with Gasteiger partial charge in [0, 0.05) is 25.2 Å². The number of carbonyl (C=O) groups excluding carboxylic acids is 2. The predicted molar refractivity (Wildman–Crippen MR) is 121 cm³/mol. The number of allylic oxidation sites excluding steroid dienone is 5. The SMILES string of the molecule is CC1=CCC[C@H]2[C@](C)(CC3=CC(=O)C(N(C)CCS(=O)(=O)O)=CC3=O)[C@@H](C)CC[C@]12C. The zero-order valence-electron chi connectivity index (χ0n) is 19.3. The fourth-order valence-corrected chi connectivity index (χ4v) is 6.52. The molecule has 3 rings (SSSR count). The van der Waals surface area contributed by atoms with Crippen molar-refractivity contribution >= 4 is 21.7 Å². The van der Waals surface area contributed by atoms with Crippen molar-refractivity contribution in [3.63, 3.8) is 0 Å². The van der Waals surface area contributed by atoms with Gasteiger partial charge in [0.2, 0.25) is 5.78 Å². The van der Waals surface area contributed by atoms with Gasteiger partial charge in [-0.05, 0) is 67.8 Å². The monoisotopic (exact) mass is 449 g/mol. The minimum atomic E-state index is -4.14. The van der Waals surface area contributed by atoms with E-state index in [1.165, 1.54) is 22.6 Å². The van der Waals surface area contributed by atoms with Gasteiger partial charge < -0.3 is 4.90 Å². The summed E-state index contributed by atoms with van der Waals surface area (Å²) >= 11 is 0. The fourth-order valence-electron chi connectivity index (χ4n) is 6.02. The van der Waals surface area contributed by atoms with Gasteiger partial charge in [-0.3, -0.25) is 14.1 Å². The molecule has 1 saturated carbocycles. The minimum absolute atomic E-state index is 0.0619. The Morgan fingerprint density at radius 3 is 2.48 bits per heavy atom. The van der Waals surface area contributed by atoms with Crippen molar-refractivity contribution < 1.29 is 22.6 Å². The van der Waals surface area contributed by atoms with Gasteiger partial charge in [-0.25, -0.2) is 0 Å². The highest BCUT2D eigenvalue weighted by molar-refractivity contribution is 7.85. The topological polar surface area (TPSA) is 91.8 Å². The molecule has 6 nitrogen and oxygen atoms in total. The first kappa shape index (κ1) is 23.9. The Kier molecular flexibility index (Phi) is 6.42. The summed E-state index contributed by atoms with van der Waals surface area (Å²) in [7, 11) is -2.59. The average molecular weight is 450 g/mol. The van der Waals surface area contributed by atoms with Crippen LogP contribution in [-0.2, 0) is 19.7 Å². The molecular formula is C24H35NO5S. The summed E-state index contributed by atoms with van der Waals surface area (Å²) in [4.78, 5) is 27.2. The Hall–Kier alpha value is -1.73. The molecule has 0 aromatic rings. The first-order chi connectivity index (χ1) is 14.3. The van der Waals surface area contributed by atoms with Crippen molar-refractivity contribution in [3.05, 3.63) is 35.1 Å². The van der Waals surface area contributed by atoms with Crippen LogP contribution in [0.25, 0.3) is 0 Å². The van der Waals surface area contributed by atoms with Crippen LogP contribution in [-0.4, -0.2) is 48.8 Å². The van der Waals surface area contributed by atoms with Crippen LogP contribution in [0.1, 0.15) is 59.8 Å². The molecule has 0 unspecified atom stereocenters. The third kappa shape index (κ3) is 4.58. The first-order valence-electron chi connectivity index (χ1n) is 11.1. The maximum atomic E-state index is 13.0. The van der Waals surface area contributed by atoms with Crippen LogP contribution in [0.2, 0.25) is 0 Å². The number of ketones is 2. The zero-order valence-corrected chi connectivity index (χ0v) is 20.1. The second-order valence-electron chi connectivity index (χ2n) is 10.2. The van der Waals surface area contributed by atoms with Crippen LogP contribution < -0.4 is 0 Å². The first-order valence-corrected chi connectivity index (χ1v) is 12.7. The standard InChI is InChI=1S/C24H35NO5S/c1-16-7-6-8-22-23(16,3)10-9-17(2)24(22,4)15-18-13-21(27)19(14-20(18)26)25(5)11-12-31(28,29)30/h7,13-14,17,22H,6,8-12,15H2,1-5H3,(H,28,29,30)/t17-,22+,23+,24+/m0/s1. The summed E-state index contributed by atoms with van der Waals surface area (Å²) < 4.78 is 31.0. The molecule has 0 radical (unpaired) electrons. The molecule has 0 aromatic heterocycles. The molecule has 4 atom stereocenters. The van der Waals surface area contributed by atoms with Gasteiger partial charge in [0.1, 0.15) is 0 Å². The number of carbonyl (C=O) groups is 2. The van der Waals surface area contributed by atoms with Gasteiger partial charge in [0.15, 0.2) is 5.78 Å². The summed E-state index contributed by atoms with van der Waals surface area (Å²) in [6.07, 6.45) is 10.1. The summed E-state index contributed by atoms with van der Waals surface area (Å²) in [6, 6.07) is 0. The van der Waals surface area contributed by atoms with E-state index in [2.05, 4.69) is 33.8 Å². The van der Waals surface area contributed by atoms with E-state index < -0.39 is 15.9 Å². The normalized spacial score (nSPS) is 33.9. The Labute approximate surface area is 186 Å². The number of nitrogens with zero attached hydrogens (tertiary/aromatic N) is 1. The van der Waals surface area contributed by atoms with Crippen molar-refractivity contribution in [2.45, 2.75) is 59.8 Å². The van der Waals surface area contributed by atoms with Gasteiger partial charge in [-0.1, -0.05) is 32.4 Å². The lowest BCUT2D eigenvalue weighted by Gasteiger charge is -2.58. The molecule has 0 saturated heterocycles. The summed E-state index contributed by atoms with van der Waals surface area (Å²) in [5, 5.41) is 0. The lowest BCUT2D eigenvalue weighted by Crippen LogP contribution is -2.50. The maximum absolute atomic E-state index is 13.0. The van der Waals surface area contributed by atoms with Crippen LogP contribution in [0.4, 0.5) is 0 Å². The van der Waals surface area contributed by atoms with E-state index in [1.54, 1.807) is 7.05 Å². The van der Waals surface area contributed by atoms with Crippen LogP contribution in [0.15, 0.2) is 35.1 Å². The lowest BCUT2D eigenvalue weighted by molar-refractivity contribution is -0.117. The number of hydrogen-bond donors (Lipinski definition) is 1. The summed E-state index contributed by atoms with van der Waals surface area (Å²) in [6.45, 7) is 9.08. The van der Waals surface area contributed by atoms with Crippen molar-refractivity contribution in [2.24, 2.45) is 22.7 Å². The molecule has 0 aromatic carbocycles. The molecule has 0 amide bonds. The second kappa shape index (κ2) is 8.32. The largest absolute Gasteiger partial charge is 0.370 e. The van der Waals surface area contributed by atoms with Gasteiger partial charge in [0.25, 0.3) is 10.1 Å². The number of fused-ring (bicyclic) bond motifs is 1. The highest BCUT2D eigenvalue weighted by Crippen LogP contribution is 2.62. The van der Waals surface area contributed by atoms with Crippen molar-refractivity contribution in [1.29, 1.82) is 0 Å². The smallest absolute Gasteiger partial charge is 0.266 e. The second-order valence-corrected chi connectivity index (χ2v) is 11.8. The molecule has 31 heavy (non-hydrogen) atoms. The van der Waals surface area contributed by atoms with E-state index in [0.29, 0.717) is 23.8 Å². The van der Waals surface area contributed by atoms with Crippen LogP contribution >= 0.6 is 0 Å². The Bertz CT molecular complexity index is 976. The van der Waals surface area contributed by atoms with Gasteiger partial charge in [-0.15, -0.1) is 0 Å². The Morgan fingerprint density at radius 1 is 1.16 bits per heavy atom. The lowest BCUT2D eigenvalue weighted by atomic mass is 9.46. The number of hydrogen-bond acceptors (Lipinski definition) is 5. The highest BCUT2D eigenvalue weighted by Gasteiger charge is 2.53. The molecule has 0 spiro atoms. The van der Waals surface area contributed by atoms with Gasteiger partial charge >= 0.3 is 0 Å². The van der Waals surface area contributed by atoms with Crippen LogP contribution in [0.5, 0.6) is 0 Å². The molecule has 7 heteroatoms. The van der Waals surface area contributed by atoms with Crippen molar-refractivity contribution in [1.82, 2.24) is 4.90 Å². The van der Waals surface area contributed by atoms with Crippen LogP contribution in [0, 0.1) is 22.7 Å². The molecule has 0 bridgehead atoms. The molecule has 1 N–H and O–H groups in total. The third-order valence-electron chi connectivity index (χ3n) is 8.40. The third-order valence-corrected chi connectivity index (χ3v) is 9.10. The van der Waals surface area contributed by atoms with Gasteiger partial charge in [-0.2, -0.15) is 8.42 Å². The van der Waals surface area contributed by atoms with Crippen molar-refractivity contribution in [2.75, 3.05) is 19.3 Å². The summed E-state index contributed by atoms with van der Waals surface area (Å²) in [5.74, 6) is -0.0655. The van der Waals surface area contributed by atoms with Crippen LogP contribution in [0.3, 0.4) is 0 Å². The Balaban J connectivity index is 1.82. The van der Waals surface area contributed by atoms with E-state index in [9.17, 15) is 18.0 Å².